The van der Waals surface area contributed by atoms with Gasteiger partial charge in [0.2, 0.25) is 0 Å². The molecule has 1 amide bonds. The number of nitrogens with one attached hydrogen (secondary N) is 1. The van der Waals surface area contributed by atoms with E-state index in [1.807, 2.05) is 12.1 Å². The monoisotopic (exact) mass is 305 g/mol. The van der Waals surface area contributed by atoms with Crippen LogP contribution in [0.4, 0.5) is 10.6 Å². The van der Waals surface area contributed by atoms with Crippen LogP contribution in [0.5, 0.6) is 0 Å². The summed E-state index contributed by atoms with van der Waals surface area (Å²) >= 11 is 5.92. The molecule has 0 bridgehead atoms. The van der Waals surface area contributed by atoms with Gasteiger partial charge in [-0.05, 0) is 25.0 Å². The Morgan fingerprint density at radius 2 is 2.14 bits per heavy atom. The molecule has 1 N–H and O–H groups in total. The van der Waals surface area contributed by atoms with Crippen LogP contribution in [0, 0.1) is 0 Å². The van der Waals surface area contributed by atoms with E-state index in [1.54, 1.807) is 18.5 Å². The average molecular weight is 306 g/mol. The highest BCUT2D eigenvalue weighted by Crippen LogP contribution is 2.19. The van der Waals surface area contributed by atoms with Gasteiger partial charge in [0.1, 0.15) is 17.3 Å². The Balaban J connectivity index is 1.54. The van der Waals surface area contributed by atoms with Gasteiger partial charge in [0, 0.05) is 31.5 Å². The van der Waals surface area contributed by atoms with Crippen LogP contribution in [-0.4, -0.2) is 39.7 Å². The Bertz CT molecular complexity index is 608. The van der Waals surface area contributed by atoms with E-state index >= 15 is 0 Å². The molecule has 0 saturated carbocycles. The molecule has 7 heteroatoms. The van der Waals surface area contributed by atoms with Gasteiger partial charge in [0.15, 0.2) is 0 Å². The van der Waals surface area contributed by atoms with Gasteiger partial charge in [-0.25, -0.2) is 14.8 Å². The van der Waals surface area contributed by atoms with Crippen molar-refractivity contribution in [2.24, 2.45) is 0 Å². The molecule has 0 spiro atoms. The van der Waals surface area contributed by atoms with Gasteiger partial charge in [-0.15, -0.1) is 0 Å². The smallest absolute Gasteiger partial charge is 0.327 e. The van der Waals surface area contributed by atoms with Crippen LogP contribution in [0.3, 0.4) is 0 Å². The molecule has 2 aromatic rings. The van der Waals surface area contributed by atoms with E-state index in [-0.39, 0.29) is 12.1 Å². The molecule has 0 unspecified atom stereocenters. The lowest BCUT2D eigenvalue weighted by Crippen LogP contribution is -2.45. The Labute approximate surface area is 127 Å². The lowest BCUT2D eigenvalue weighted by molar-refractivity contribution is 0.236. The number of halogens is 1. The topological polar surface area (TPSA) is 63.1 Å². The van der Waals surface area contributed by atoms with E-state index in [9.17, 15) is 4.79 Å². The first-order valence-corrected chi connectivity index (χ1v) is 7.26. The highest BCUT2D eigenvalue weighted by atomic mass is 35.5. The number of hydrogen-bond acceptors (Lipinski definition) is 4. The first kappa shape index (κ1) is 13.9. The Hall–Kier alpha value is -2.08. The summed E-state index contributed by atoms with van der Waals surface area (Å²) in [5.41, 5.74) is 0. The molecule has 1 aliphatic rings. The maximum Gasteiger partial charge on any atom is 0.327 e. The summed E-state index contributed by atoms with van der Waals surface area (Å²) in [6.07, 6.45) is 6.50. The first-order valence-electron chi connectivity index (χ1n) is 6.89. The standard InChI is InChI=1S/C14H16ClN5O/c15-12-2-1-3-13(18-12)19-7-4-11(5-8-19)17-14(21)20-9-6-16-10-20/h1-3,6,9-11H,4-5,7-8H2,(H,17,21). The van der Waals surface area contributed by atoms with Crippen molar-refractivity contribution in [3.8, 4) is 0 Å². The van der Waals surface area contributed by atoms with Crippen LogP contribution in [-0.2, 0) is 0 Å². The van der Waals surface area contributed by atoms with Gasteiger partial charge in [0.25, 0.3) is 0 Å². The summed E-state index contributed by atoms with van der Waals surface area (Å²) in [5, 5.41) is 3.52. The van der Waals surface area contributed by atoms with Gasteiger partial charge in [-0.3, -0.25) is 4.57 Å². The van der Waals surface area contributed by atoms with Gasteiger partial charge < -0.3 is 10.2 Å². The minimum atomic E-state index is -0.133. The van der Waals surface area contributed by atoms with Crippen LogP contribution < -0.4 is 10.2 Å². The number of piperidine rings is 1. The lowest BCUT2D eigenvalue weighted by atomic mass is 10.1. The minimum Gasteiger partial charge on any atom is -0.356 e. The molecule has 6 nitrogen and oxygen atoms in total. The quantitative estimate of drug-likeness (QED) is 0.864. The molecular formula is C14H16ClN5O. The van der Waals surface area contributed by atoms with Crippen LogP contribution in [0.2, 0.25) is 5.15 Å². The molecule has 1 saturated heterocycles. The molecule has 3 rings (SSSR count). The fourth-order valence-electron chi connectivity index (χ4n) is 2.46. The van der Waals surface area contributed by atoms with E-state index in [1.165, 1.54) is 10.9 Å². The Morgan fingerprint density at radius 3 is 2.81 bits per heavy atom. The van der Waals surface area contributed by atoms with Crippen molar-refractivity contribution in [3.05, 3.63) is 42.1 Å². The van der Waals surface area contributed by atoms with Crippen molar-refractivity contribution in [1.29, 1.82) is 0 Å². The minimum absolute atomic E-state index is 0.133. The summed E-state index contributed by atoms with van der Waals surface area (Å²) in [6.45, 7) is 1.70. The summed E-state index contributed by atoms with van der Waals surface area (Å²) in [7, 11) is 0. The average Bonchev–Trinajstić information content (AvgIpc) is 3.02. The van der Waals surface area contributed by atoms with E-state index in [4.69, 9.17) is 11.6 Å². The predicted molar refractivity (Wildman–Crippen MR) is 80.6 cm³/mol. The zero-order valence-electron chi connectivity index (χ0n) is 11.4. The third-order valence-corrected chi connectivity index (χ3v) is 3.80. The molecule has 0 radical (unpaired) electrons. The number of nitrogens with zero attached hydrogens (tertiary/aromatic N) is 4. The third-order valence-electron chi connectivity index (χ3n) is 3.59. The molecule has 110 valence electrons. The van der Waals surface area contributed by atoms with Crippen LogP contribution in [0.25, 0.3) is 0 Å². The molecule has 0 atom stereocenters. The van der Waals surface area contributed by atoms with Crippen LogP contribution in [0.15, 0.2) is 36.9 Å². The zero-order chi connectivity index (χ0) is 14.7. The second-order valence-electron chi connectivity index (χ2n) is 5.00. The van der Waals surface area contributed by atoms with E-state index < -0.39 is 0 Å². The largest absolute Gasteiger partial charge is 0.356 e. The number of aromatic nitrogens is 3. The van der Waals surface area contributed by atoms with Crippen LogP contribution in [0.1, 0.15) is 12.8 Å². The van der Waals surface area contributed by atoms with E-state index in [2.05, 4.69) is 20.2 Å². The maximum atomic E-state index is 11.9. The third kappa shape index (κ3) is 3.33. The van der Waals surface area contributed by atoms with Crippen molar-refractivity contribution in [2.45, 2.75) is 18.9 Å². The number of amides is 1. The summed E-state index contributed by atoms with van der Waals surface area (Å²) in [4.78, 5) is 22.3. The number of hydrogen-bond donors (Lipinski definition) is 1. The zero-order valence-corrected chi connectivity index (χ0v) is 12.2. The number of carbonyl (C=O) groups excluding carboxylic acids is 1. The predicted octanol–water partition coefficient (Wildman–Crippen LogP) is 2.16. The second-order valence-corrected chi connectivity index (χ2v) is 5.39. The number of rotatable bonds is 2. The van der Waals surface area contributed by atoms with Crippen molar-refractivity contribution in [3.63, 3.8) is 0 Å². The lowest BCUT2D eigenvalue weighted by Gasteiger charge is -2.33. The molecule has 21 heavy (non-hydrogen) atoms. The second kappa shape index (κ2) is 6.13. The molecule has 2 aromatic heterocycles. The summed E-state index contributed by atoms with van der Waals surface area (Å²) in [6, 6.07) is 5.67. The van der Waals surface area contributed by atoms with Crippen molar-refractivity contribution < 1.29 is 4.79 Å². The first-order chi connectivity index (χ1) is 10.2. The molecular weight excluding hydrogens is 290 g/mol. The number of pyridine rings is 1. The van der Waals surface area contributed by atoms with Gasteiger partial charge in [-0.2, -0.15) is 0 Å². The molecule has 0 aliphatic carbocycles. The maximum absolute atomic E-state index is 11.9. The fourth-order valence-corrected chi connectivity index (χ4v) is 2.61. The normalized spacial score (nSPS) is 16.0. The number of carbonyl (C=O) groups is 1. The van der Waals surface area contributed by atoms with Crippen molar-refractivity contribution in [2.75, 3.05) is 18.0 Å². The Morgan fingerprint density at radius 1 is 1.33 bits per heavy atom. The van der Waals surface area contributed by atoms with Crippen molar-refractivity contribution in [1.82, 2.24) is 19.9 Å². The van der Waals surface area contributed by atoms with E-state index in [0.717, 1.165) is 31.7 Å². The Kier molecular flexibility index (Phi) is 4.06. The number of anilines is 1. The van der Waals surface area contributed by atoms with Gasteiger partial charge >= 0.3 is 6.03 Å². The molecule has 0 aromatic carbocycles. The van der Waals surface area contributed by atoms with Gasteiger partial charge in [0.05, 0.1) is 0 Å². The molecule has 1 fully saturated rings. The fraction of sp³-hybridized carbons (Fsp3) is 0.357. The highest BCUT2D eigenvalue weighted by molar-refractivity contribution is 6.29. The number of imidazole rings is 1. The summed E-state index contributed by atoms with van der Waals surface area (Å²) in [5.74, 6) is 0.891. The molecule has 3 heterocycles. The van der Waals surface area contributed by atoms with E-state index in [0.29, 0.717) is 5.15 Å². The van der Waals surface area contributed by atoms with Gasteiger partial charge in [-0.1, -0.05) is 17.7 Å². The molecule has 1 aliphatic heterocycles. The summed E-state index contributed by atoms with van der Waals surface area (Å²) < 4.78 is 1.45. The van der Waals surface area contributed by atoms with Crippen molar-refractivity contribution >= 4 is 23.4 Å². The SMILES string of the molecule is O=C(NC1CCN(c2cccc(Cl)n2)CC1)n1ccnc1. The van der Waals surface area contributed by atoms with Crippen LogP contribution >= 0.6 is 11.6 Å². The highest BCUT2D eigenvalue weighted by Gasteiger charge is 2.21.